The highest BCUT2D eigenvalue weighted by Crippen LogP contribution is 2.38. The highest BCUT2D eigenvalue weighted by Gasteiger charge is 2.21. The number of quaternary nitrogens is 1. The van der Waals surface area contributed by atoms with Gasteiger partial charge in [0, 0.05) is 12.8 Å². The van der Waals surface area contributed by atoms with Gasteiger partial charge in [0.05, 0.1) is 33.9 Å². The number of phosphoric ester groups is 1. The van der Waals surface area contributed by atoms with Crippen molar-refractivity contribution in [3.05, 3.63) is 72.9 Å². The van der Waals surface area contributed by atoms with E-state index in [2.05, 4.69) is 68.5 Å². The number of hydrogen-bond donors (Lipinski definition) is 1. The minimum Gasteiger partial charge on any atom is -0.756 e. The van der Waals surface area contributed by atoms with Crippen LogP contribution in [0.5, 0.6) is 0 Å². The minimum absolute atomic E-state index is 0.0526. The van der Waals surface area contributed by atoms with Gasteiger partial charge in [0.2, 0.25) is 0 Å². The maximum Gasteiger partial charge on any atom is 0.306 e. The van der Waals surface area contributed by atoms with E-state index in [1.807, 2.05) is 39.4 Å². The van der Waals surface area contributed by atoms with Gasteiger partial charge >= 0.3 is 11.9 Å². The molecule has 2 unspecified atom stereocenters. The highest BCUT2D eigenvalue weighted by atomic mass is 31.2. The van der Waals surface area contributed by atoms with Gasteiger partial charge in [-0.05, 0) is 83.5 Å². The molecule has 0 radical (unpaired) electrons. The first kappa shape index (κ1) is 56.4. The van der Waals surface area contributed by atoms with Crippen molar-refractivity contribution < 1.29 is 47.2 Å². The molecule has 11 heteroatoms. The third kappa shape index (κ3) is 43.3. The van der Waals surface area contributed by atoms with Gasteiger partial charge in [-0.15, -0.1) is 0 Å². The molecule has 0 aromatic heterocycles. The summed E-state index contributed by atoms with van der Waals surface area (Å²) in [6.07, 6.45) is 45.6. The first-order valence-corrected chi connectivity index (χ1v) is 24.2. The van der Waals surface area contributed by atoms with Crippen LogP contribution in [0.25, 0.3) is 0 Å². The lowest BCUT2D eigenvalue weighted by molar-refractivity contribution is -0.870. The van der Waals surface area contributed by atoms with Crippen LogP contribution in [0.2, 0.25) is 0 Å². The number of ether oxygens (including phenoxy) is 2. The third-order valence-electron chi connectivity index (χ3n) is 9.25. The van der Waals surface area contributed by atoms with Crippen molar-refractivity contribution >= 4 is 19.8 Å². The second-order valence-electron chi connectivity index (χ2n) is 16.2. The number of allylic oxidation sites excluding steroid dienone is 11. The van der Waals surface area contributed by atoms with Crippen molar-refractivity contribution in [2.75, 3.05) is 47.5 Å². The minimum atomic E-state index is -4.66. The molecular formula is C48H84NO9P. The van der Waals surface area contributed by atoms with Crippen molar-refractivity contribution in [1.29, 1.82) is 0 Å². The number of carbonyl (C=O) groups excluding carboxylic acids is 2. The molecule has 0 fully saturated rings. The zero-order valence-electron chi connectivity index (χ0n) is 37.8. The summed E-state index contributed by atoms with van der Waals surface area (Å²) in [5.41, 5.74) is 0. The van der Waals surface area contributed by atoms with E-state index in [-0.39, 0.29) is 32.2 Å². The number of esters is 2. The zero-order chi connectivity index (χ0) is 43.7. The van der Waals surface area contributed by atoms with E-state index >= 15 is 0 Å². The van der Waals surface area contributed by atoms with E-state index in [4.69, 9.17) is 18.5 Å². The van der Waals surface area contributed by atoms with Gasteiger partial charge in [-0.25, -0.2) is 0 Å². The third-order valence-corrected chi connectivity index (χ3v) is 10.2. The molecule has 59 heavy (non-hydrogen) atoms. The normalized spacial score (nSPS) is 14.8. The highest BCUT2D eigenvalue weighted by molar-refractivity contribution is 7.45. The average Bonchev–Trinajstić information content (AvgIpc) is 3.18. The van der Waals surface area contributed by atoms with Crippen molar-refractivity contribution in [1.82, 2.24) is 0 Å². The number of aliphatic hydroxyl groups excluding tert-OH is 1. The van der Waals surface area contributed by atoms with E-state index in [1.54, 1.807) is 0 Å². The van der Waals surface area contributed by atoms with E-state index < -0.39 is 32.5 Å². The van der Waals surface area contributed by atoms with Gasteiger partial charge in [-0.2, -0.15) is 0 Å². The predicted molar refractivity (Wildman–Crippen MR) is 242 cm³/mol. The number of likely N-dealkylation sites (N-methyl/N-ethyl adjacent to an activating group) is 1. The van der Waals surface area contributed by atoms with Crippen LogP contribution >= 0.6 is 7.82 Å². The predicted octanol–water partition coefficient (Wildman–Crippen LogP) is 11.4. The summed E-state index contributed by atoms with van der Waals surface area (Å²) >= 11 is 0. The first-order chi connectivity index (χ1) is 28.4. The van der Waals surface area contributed by atoms with Crippen LogP contribution in [0.15, 0.2) is 72.9 Å². The first-order valence-electron chi connectivity index (χ1n) is 22.7. The van der Waals surface area contributed by atoms with Crippen LogP contribution in [-0.4, -0.2) is 81.2 Å². The number of carbonyl (C=O) groups is 2. The maximum absolute atomic E-state index is 12.7. The van der Waals surface area contributed by atoms with Crippen molar-refractivity contribution in [2.24, 2.45) is 0 Å². The van der Waals surface area contributed by atoms with E-state index in [0.29, 0.717) is 36.7 Å². The topological polar surface area (TPSA) is 131 Å². The maximum atomic E-state index is 12.7. The van der Waals surface area contributed by atoms with Crippen molar-refractivity contribution in [3.63, 3.8) is 0 Å². The van der Waals surface area contributed by atoms with Gasteiger partial charge in [-0.1, -0.05) is 138 Å². The number of rotatable bonds is 40. The quantitative estimate of drug-likeness (QED) is 0.0210. The number of phosphoric acid groups is 1. The molecule has 0 saturated heterocycles. The summed E-state index contributed by atoms with van der Waals surface area (Å²) in [6, 6.07) is 0. The largest absolute Gasteiger partial charge is 0.756 e. The number of nitrogens with zero attached hydrogens (tertiary/aromatic N) is 1. The summed E-state index contributed by atoms with van der Waals surface area (Å²) in [6.45, 7) is 3.90. The van der Waals surface area contributed by atoms with Gasteiger partial charge in [0.25, 0.3) is 7.82 Å². The Balaban J connectivity index is 4.48. The van der Waals surface area contributed by atoms with Crippen LogP contribution in [-0.2, 0) is 32.7 Å². The van der Waals surface area contributed by atoms with Crippen LogP contribution in [0.3, 0.4) is 0 Å². The van der Waals surface area contributed by atoms with Gasteiger partial charge in [-0.3, -0.25) is 14.2 Å². The van der Waals surface area contributed by atoms with Crippen LogP contribution in [0, 0.1) is 0 Å². The molecule has 0 amide bonds. The lowest BCUT2D eigenvalue weighted by Crippen LogP contribution is -2.37. The number of aliphatic hydroxyl groups is 1. The molecule has 0 heterocycles. The monoisotopic (exact) mass is 850 g/mol. The Labute approximate surface area is 360 Å². The molecule has 1 N–H and O–H groups in total. The Morgan fingerprint density at radius 2 is 1.10 bits per heavy atom. The van der Waals surface area contributed by atoms with E-state index in [9.17, 15) is 24.2 Å². The molecule has 3 atom stereocenters. The zero-order valence-corrected chi connectivity index (χ0v) is 38.7. The molecule has 0 aromatic carbocycles. The Morgan fingerprint density at radius 1 is 0.610 bits per heavy atom. The SMILES string of the molecule is CCCCC/C=C\C/C=C\CCCCCCCCCC(=O)OC[C@H](COP(=O)([O-])OCC[N+](C)(C)C)OC(=O)CCC/C=C\C/C=C\C/C=C\C/C=C\CC(O)CCC. The lowest BCUT2D eigenvalue weighted by Gasteiger charge is -2.28. The Bertz CT molecular complexity index is 1250. The number of unbranched alkanes of at least 4 members (excludes halogenated alkanes) is 11. The van der Waals surface area contributed by atoms with Gasteiger partial charge in [0.1, 0.15) is 19.8 Å². The molecule has 0 saturated carbocycles. The van der Waals surface area contributed by atoms with Crippen molar-refractivity contribution in [3.8, 4) is 0 Å². The molecule has 0 rings (SSSR count). The Morgan fingerprint density at radius 3 is 1.66 bits per heavy atom. The second kappa shape index (κ2) is 39.5. The molecule has 340 valence electrons. The summed E-state index contributed by atoms with van der Waals surface area (Å²) in [5, 5.41) is 9.74. The molecule has 0 bridgehead atoms. The summed E-state index contributed by atoms with van der Waals surface area (Å²) in [7, 11) is 1.09. The number of hydrogen-bond acceptors (Lipinski definition) is 9. The fourth-order valence-corrected chi connectivity index (χ4v) is 6.42. The summed E-state index contributed by atoms with van der Waals surface area (Å²) in [5.74, 6) is -0.935. The standard InChI is InChI=1S/C48H84NO9P/c1-6-8-9-10-11-12-13-14-15-16-17-20-23-26-29-32-35-39-47(51)55-43-46(44-57-59(53,54)56-42-41-49(3,4)5)58-48(52)40-36-33-30-27-24-21-18-19-22-25-28-31-34-38-45(50)37-7-2/h11-12,14-15,18,21-22,25,27,30-31,34,45-46,50H,6-10,13,16-17,19-20,23-24,26,28-29,32-33,35-44H2,1-5H3/b12-11-,15-14-,21-18-,25-22-,30-27-,34-31-/t45?,46-/m1/s1. The molecule has 0 spiro atoms. The summed E-state index contributed by atoms with van der Waals surface area (Å²) < 4.78 is 33.8. The van der Waals surface area contributed by atoms with Crippen molar-refractivity contribution in [2.45, 2.75) is 174 Å². The smallest absolute Gasteiger partial charge is 0.306 e. The van der Waals surface area contributed by atoms with Crippen LogP contribution < -0.4 is 4.89 Å². The van der Waals surface area contributed by atoms with Crippen LogP contribution in [0.1, 0.15) is 162 Å². The average molecular weight is 850 g/mol. The lowest BCUT2D eigenvalue weighted by atomic mass is 10.1. The second-order valence-corrected chi connectivity index (χ2v) is 17.6. The molecule has 0 aliphatic rings. The Kier molecular flexibility index (Phi) is 37.8. The fourth-order valence-electron chi connectivity index (χ4n) is 5.69. The van der Waals surface area contributed by atoms with Gasteiger partial charge < -0.3 is 33.0 Å². The molecule has 10 nitrogen and oxygen atoms in total. The fraction of sp³-hybridized carbons (Fsp3) is 0.708. The summed E-state index contributed by atoms with van der Waals surface area (Å²) in [4.78, 5) is 37.5. The molecule has 0 aromatic rings. The Hall–Kier alpha value is -2.59. The molecule has 0 aliphatic heterocycles. The van der Waals surface area contributed by atoms with Gasteiger partial charge in [0.15, 0.2) is 6.10 Å². The van der Waals surface area contributed by atoms with E-state index in [0.717, 1.165) is 64.2 Å². The molecular weight excluding hydrogens is 765 g/mol. The molecule has 0 aliphatic carbocycles. The van der Waals surface area contributed by atoms with E-state index in [1.165, 1.54) is 44.9 Å². The van der Waals surface area contributed by atoms with Crippen LogP contribution in [0.4, 0.5) is 0 Å².